The molecule has 1 aliphatic rings. The molecular weight excluding hydrogens is 300 g/mol. The predicted molar refractivity (Wildman–Crippen MR) is 86.7 cm³/mol. The first-order valence-electron chi connectivity index (χ1n) is 7.19. The van der Waals surface area contributed by atoms with Crippen molar-refractivity contribution in [1.29, 1.82) is 0 Å². The molecule has 1 saturated carbocycles. The summed E-state index contributed by atoms with van der Waals surface area (Å²) >= 11 is 6.26. The third-order valence-electron chi connectivity index (χ3n) is 3.48. The maximum atomic E-state index is 11.9. The largest absolute Gasteiger partial charge is 0.348 e. The van der Waals surface area contributed by atoms with Gasteiger partial charge in [-0.1, -0.05) is 17.7 Å². The van der Waals surface area contributed by atoms with E-state index >= 15 is 0 Å². The van der Waals surface area contributed by atoms with Gasteiger partial charge in [-0.05, 0) is 43.9 Å². The minimum absolute atomic E-state index is 0.175. The molecule has 1 fully saturated rings. The molecule has 0 atom stereocenters. The van der Waals surface area contributed by atoms with E-state index in [2.05, 4.69) is 20.6 Å². The number of aromatic nitrogens is 2. The molecule has 6 heteroatoms. The lowest BCUT2D eigenvalue weighted by Gasteiger charge is -2.12. The monoisotopic (exact) mass is 316 g/mol. The third kappa shape index (κ3) is 3.36. The lowest BCUT2D eigenvalue weighted by molar-refractivity contribution is 0.0945. The van der Waals surface area contributed by atoms with Crippen molar-refractivity contribution in [3.05, 3.63) is 46.4 Å². The summed E-state index contributed by atoms with van der Waals surface area (Å²) in [4.78, 5) is 20.2. The van der Waals surface area contributed by atoms with E-state index in [9.17, 15) is 4.79 Å². The number of halogens is 1. The van der Waals surface area contributed by atoms with Crippen LogP contribution in [0.1, 0.15) is 34.5 Å². The fourth-order valence-electron chi connectivity index (χ4n) is 2.20. The highest BCUT2D eigenvalue weighted by Crippen LogP contribution is 2.29. The number of nitrogens with one attached hydrogen (secondary N) is 2. The number of amides is 1. The molecule has 0 aliphatic heterocycles. The lowest BCUT2D eigenvalue weighted by Crippen LogP contribution is -2.26. The Labute approximate surface area is 134 Å². The van der Waals surface area contributed by atoms with Gasteiger partial charge in [0.25, 0.3) is 5.91 Å². The van der Waals surface area contributed by atoms with Crippen molar-refractivity contribution in [3.63, 3.8) is 0 Å². The third-order valence-corrected chi connectivity index (χ3v) is 3.78. The van der Waals surface area contributed by atoms with Crippen LogP contribution < -0.4 is 10.6 Å². The molecule has 1 aliphatic carbocycles. The molecule has 114 valence electrons. The van der Waals surface area contributed by atoms with Gasteiger partial charge >= 0.3 is 0 Å². The van der Waals surface area contributed by atoms with E-state index in [0.29, 0.717) is 22.6 Å². The van der Waals surface area contributed by atoms with Crippen molar-refractivity contribution in [2.45, 2.75) is 32.7 Å². The Morgan fingerprint density at radius 2 is 2.00 bits per heavy atom. The first-order valence-corrected chi connectivity index (χ1v) is 7.57. The SMILES string of the molecule is Cc1cc(C)c(Nc2cnc(C(=O)NC3CC3)cn2)c(Cl)c1. The van der Waals surface area contributed by atoms with Gasteiger partial charge in [0.05, 0.1) is 23.1 Å². The molecule has 0 saturated heterocycles. The fraction of sp³-hybridized carbons (Fsp3) is 0.312. The topological polar surface area (TPSA) is 66.9 Å². The summed E-state index contributed by atoms with van der Waals surface area (Å²) < 4.78 is 0. The molecule has 2 N–H and O–H groups in total. The van der Waals surface area contributed by atoms with E-state index in [0.717, 1.165) is 29.7 Å². The molecule has 1 aromatic carbocycles. The maximum Gasteiger partial charge on any atom is 0.271 e. The van der Waals surface area contributed by atoms with Crippen molar-refractivity contribution in [2.75, 3.05) is 5.32 Å². The van der Waals surface area contributed by atoms with Crippen LogP contribution in [0.5, 0.6) is 0 Å². The summed E-state index contributed by atoms with van der Waals surface area (Å²) in [5, 5.41) is 6.66. The van der Waals surface area contributed by atoms with E-state index in [1.807, 2.05) is 26.0 Å². The van der Waals surface area contributed by atoms with E-state index in [-0.39, 0.29) is 5.91 Å². The van der Waals surface area contributed by atoms with Crippen LogP contribution in [0.3, 0.4) is 0 Å². The van der Waals surface area contributed by atoms with Crippen LogP contribution in [0.4, 0.5) is 11.5 Å². The summed E-state index contributed by atoms with van der Waals surface area (Å²) in [6.07, 6.45) is 5.10. The normalized spacial score (nSPS) is 13.8. The molecule has 22 heavy (non-hydrogen) atoms. The first kappa shape index (κ1) is 14.8. The average molecular weight is 317 g/mol. The summed E-state index contributed by atoms with van der Waals surface area (Å²) in [5.74, 6) is 0.378. The summed E-state index contributed by atoms with van der Waals surface area (Å²) in [6.45, 7) is 3.97. The minimum Gasteiger partial charge on any atom is -0.348 e. The maximum absolute atomic E-state index is 11.9. The van der Waals surface area contributed by atoms with Gasteiger partial charge < -0.3 is 10.6 Å². The van der Waals surface area contributed by atoms with Gasteiger partial charge in [0.15, 0.2) is 0 Å². The van der Waals surface area contributed by atoms with Crippen LogP contribution in [0.15, 0.2) is 24.5 Å². The Morgan fingerprint density at radius 3 is 2.59 bits per heavy atom. The number of rotatable bonds is 4. The van der Waals surface area contributed by atoms with Crippen LogP contribution in [0.2, 0.25) is 5.02 Å². The zero-order valence-electron chi connectivity index (χ0n) is 12.5. The molecule has 1 aromatic heterocycles. The summed E-state index contributed by atoms with van der Waals surface area (Å²) in [7, 11) is 0. The Morgan fingerprint density at radius 1 is 1.23 bits per heavy atom. The van der Waals surface area contributed by atoms with Crippen molar-refractivity contribution >= 4 is 29.0 Å². The number of nitrogens with zero attached hydrogens (tertiary/aromatic N) is 2. The second kappa shape index (κ2) is 5.93. The van der Waals surface area contributed by atoms with E-state index in [4.69, 9.17) is 11.6 Å². The van der Waals surface area contributed by atoms with Gasteiger partial charge in [0.2, 0.25) is 0 Å². The lowest BCUT2D eigenvalue weighted by atomic mass is 10.1. The van der Waals surface area contributed by atoms with Gasteiger partial charge in [-0.25, -0.2) is 9.97 Å². The number of benzene rings is 1. The molecular formula is C16H17ClN4O. The fourth-order valence-corrected chi connectivity index (χ4v) is 2.57. The van der Waals surface area contributed by atoms with Crippen molar-refractivity contribution in [1.82, 2.24) is 15.3 Å². The molecule has 0 bridgehead atoms. The number of carbonyl (C=O) groups is 1. The Kier molecular flexibility index (Phi) is 3.98. The van der Waals surface area contributed by atoms with Gasteiger partial charge in [0.1, 0.15) is 11.5 Å². The second-order valence-corrected chi connectivity index (χ2v) is 6.01. The van der Waals surface area contributed by atoms with Crippen molar-refractivity contribution in [2.24, 2.45) is 0 Å². The minimum atomic E-state index is -0.175. The number of hydrogen-bond donors (Lipinski definition) is 2. The van der Waals surface area contributed by atoms with Crippen LogP contribution >= 0.6 is 11.6 Å². The van der Waals surface area contributed by atoms with Gasteiger partial charge in [-0.2, -0.15) is 0 Å². The van der Waals surface area contributed by atoms with E-state index in [1.54, 1.807) is 0 Å². The van der Waals surface area contributed by atoms with Gasteiger partial charge in [-0.3, -0.25) is 4.79 Å². The van der Waals surface area contributed by atoms with Crippen molar-refractivity contribution in [3.8, 4) is 0 Å². The number of carbonyl (C=O) groups excluding carboxylic acids is 1. The van der Waals surface area contributed by atoms with Gasteiger partial charge in [-0.15, -0.1) is 0 Å². The highest BCUT2D eigenvalue weighted by Gasteiger charge is 2.24. The molecule has 1 heterocycles. The molecule has 3 rings (SSSR count). The predicted octanol–water partition coefficient (Wildman–Crippen LogP) is 3.38. The standard InChI is InChI=1S/C16H17ClN4O/c1-9-5-10(2)15(12(17)6-9)21-14-8-18-13(7-19-14)16(22)20-11-3-4-11/h5-8,11H,3-4H2,1-2H3,(H,19,21)(H,20,22). The van der Waals surface area contributed by atoms with Crippen LogP contribution in [0.25, 0.3) is 0 Å². The smallest absolute Gasteiger partial charge is 0.271 e. The Hall–Kier alpha value is -2.14. The molecule has 2 aromatic rings. The first-order chi connectivity index (χ1) is 10.5. The van der Waals surface area contributed by atoms with Crippen LogP contribution in [0, 0.1) is 13.8 Å². The average Bonchev–Trinajstić information content (AvgIpc) is 3.27. The zero-order chi connectivity index (χ0) is 15.7. The van der Waals surface area contributed by atoms with E-state index in [1.165, 1.54) is 12.4 Å². The molecule has 0 radical (unpaired) electrons. The number of aryl methyl sites for hydroxylation is 2. The molecule has 0 unspecified atom stereocenters. The van der Waals surface area contributed by atoms with Gasteiger partial charge in [0, 0.05) is 6.04 Å². The number of hydrogen-bond acceptors (Lipinski definition) is 4. The Balaban J connectivity index is 1.74. The quantitative estimate of drug-likeness (QED) is 0.907. The van der Waals surface area contributed by atoms with E-state index < -0.39 is 0 Å². The van der Waals surface area contributed by atoms with Crippen molar-refractivity contribution < 1.29 is 4.79 Å². The summed E-state index contributed by atoms with van der Waals surface area (Å²) in [5.41, 5.74) is 3.26. The molecule has 5 nitrogen and oxygen atoms in total. The zero-order valence-corrected chi connectivity index (χ0v) is 13.2. The highest BCUT2D eigenvalue weighted by molar-refractivity contribution is 6.33. The molecule has 1 amide bonds. The number of anilines is 2. The Bertz CT molecular complexity index is 688. The second-order valence-electron chi connectivity index (χ2n) is 5.60. The van der Waals surface area contributed by atoms with Crippen LogP contribution in [-0.4, -0.2) is 21.9 Å². The summed E-state index contributed by atoms with van der Waals surface area (Å²) in [6, 6.07) is 4.24. The van der Waals surface area contributed by atoms with Crippen LogP contribution in [-0.2, 0) is 0 Å². The highest BCUT2D eigenvalue weighted by atomic mass is 35.5. The molecule has 0 spiro atoms.